The molecule has 0 bridgehead atoms. The average molecular weight is 359 g/mol. The van der Waals surface area contributed by atoms with E-state index in [1.165, 1.54) is 5.56 Å². The Morgan fingerprint density at radius 2 is 1.88 bits per heavy atom. The lowest BCUT2D eigenvalue weighted by molar-refractivity contribution is 0.261. The molecule has 1 aromatic carbocycles. The molecule has 0 saturated heterocycles. The van der Waals surface area contributed by atoms with Crippen molar-refractivity contribution in [2.24, 2.45) is 5.73 Å². The molecule has 2 aromatic heterocycles. The van der Waals surface area contributed by atoms with Crippen LogP contribution in [0.3, 0.4) is 0 Å². The van der Waals surface area contributed by atoms with E-state index in [-0.39, 0.29) is 18.0 Å². The van der Waals surface area contributed by atoms with Gasteiger partial charge in [0.25, 0.3) is 5.56 Å². The standard InChI is InChI=1S/C19H22N4O.ClH/c1-15-6-5-10-23-18(24)12-17(21-19(15)23)14-22(11-9-20)13-16-7-3-2-4-8-16;/h2-8,10,12H,9,11,13-14,20H2,1H3;1H. The van der Waals surface area contributed by atoms with Crippen LogP contribution in [0.1, 0.15) is 16.8 Å². The summed E-state index contributed by atoms with van der Waals surface area (Å²) in [5.74, 6) is 0. The van der Waals surface area contributed by atoms with Crippen molar-refractivity contribution in [1.82, 2.24) is 14.3 Å². The maximum Gasteiger partial charge on any atom is 0.258 e. The van der Waals surface area contributed by atoms with E-state index in [1.54, 1.807) is 16.7 Å². The van der Waals surface area contributed by atoms with E-state index in [2.05, 4.69) is 22.0 Å². The van der Waals surface area contributed by atoms with Gasteiger partial charge in [-0.15, -0.1) is 12.4 Å². The van der Waals surface area contributed by atoms with Crippen molar-refractivity contribution in [1.29, 1.82) is 0 Å². The number of pyridine rings is 1. The van der Waals surface area contributed by atoms with Crippen LogP contribution in [0, 0.1) is 6.92 Å². The maximum absolute atomic E-state index is 12.3. The van der Waals surface area contributed by atoms with Crippen LogP contribution >= 0.6 is 12.4 Å². The van der Waals surface area contributed by atoms with Gasteiger partial charge in [0.1, 0.15) is 5.65 Å². The fourth-order valence-electron chi connectivity index (χ4n) is 2.86. The lowest BCUT2D eigenvalue weighted by atomic mass is 10.2. The summed E-state index contributed by atoms with van der Waals surface area (Å²) >= 11 is 0. The summed E-state index contributed by atoms with van der Waals surface area (Å²) < 4.78 is 1.59. The molecule has 0 saturated carbocycles. The van der Waals surface area contributed by atoms with Crippen LogP contribution in [0.2, 0.25) is 0 Å². The Hall–Kier alpha value is -2.21. The molecule has 3 aromatic rings. The third-order valence-electron chi connectivity index (χ3n) is 4.02. The van der Waals surface area contributed by atoms with Gasteiger partial charge in [-0.25, -0.2) is 4.98 Å². The first-order valence-electron chi connectivity index (χ1n) is 8.11. The highest BCUT2D eigenvalue weighted by Gasteiger charge is 2.10. The molecule has 25 heavy (non-hydrogen) atoms. The highest BCUT2D eigenvalue weighted by molar-refractivity contribution is 5.85. The highest BCUT2D eigenvalue weighted by Crippen LogP contribution is 2.10. The second-order valence-electron chi connectivity index (χ2n) is 5.96. The smallest absolute Gasteiger partial charge is 0.258 e. The number of aromatic nitrogens is 2. The SMILES string of the molecule is Cc1cccn2c(=O)cc(CN(CCN)Cc3ccccc3)nc12.Cl. The molecule has 0 amide bonds. The zero-order chi connectivity index (χ0) is 16.9. The Balaban J connectivity index is 0.00000225. The van der Waals surface area contributed by atoms with Crippen molar-refractivity contribution in [3.05, 3.63) is 81.9 Å². The van der Waals surface area contributed by atoms with Crippen molar-refractivity contribution in [2.45, 2.75) is 20.0 Å². The van der Waals surface area contributed by atoms with Gasteiger partial charge in [-0.2, -0.15) is 0 Å². The number of benzene rings is 1. The summed E-state index contributed by atoms with van der Waals surface area (Å²) in [6.07, 6.45) is 1.75. The molecular formula is C19H23ClN4O. The molecule has 3 rings (SSSR count). The van der Waals surface area contributed by atoms with Crippen LogP contribution < -0.4 is 11.3 Å². The molecule has 0 spiro atoms. The molecule has 0 aliphatic heterocycles. The van der Waals surface area contributed by atoms with Crippen molar-refractivity contribution in [2.75, 3.05) is 13.1 Å². The number of nitrogens with two attached hydrogens (primary N) is 1. The Bertz CT molecular complexity index is 879. The molecule has 0 aliphatic rings. The van der Waals surface area contributed by atoms with Crippen LogP contribution in [-0.4, -0.2) is 27.4 Å². The number of rotatable bonds is 6. The third kappa shape index (κ3) is 4.66. The largest absolute Gasteiger partial charge is 0.329 e. The second kappa shape index (κ2) is 8.76. The number of hydrogen-bond acceptors (Lipinski definition) is 4. The first kappa shape index (κ1) is 19.1. The van der Waals surface area contributed by atoms with E-state index >= 15 is 0 Å². The number of fused-ring (bicyclic) bond motifs is 1. The molecule has 132 valence electrons. The molecule has 0 fully saturated rings. The number of halogens is 1. The third-order valence-corrected chi connectivity index (χ3v) is 4.02. The summed E-state index contributed by atoms with van der Waals surface area (Å²) in [6.45, 7) is 4.67. The molecular weight excluding hydrogens is 336 g/mol. The van der Waals surface area contributed by atoms with Gasteiger partial charge in [-0.1, -0.05) is 36.4 Å². The van der Waals surface area contributed by atoms with Crippen LogP contribution in [-0.2, 0) is 13.1 Å². The minimum absolute atomic E-state index is 0. The van der Waals surface area contributed by atoms with Gasteiger partial charge in [0.15, 0.2) is 0 Å². The molecule has 0 aliphatic carbocycles. The van der Waals surface area contributed by atoms with Gasteiger partial charge >= 0.3 is 0 Å². The van der Waals surface area contributed by atoms with Crippen LogP contribution in [0.5, 0.6) is 0 Å². The van der Waals surface area contributed by atoms with Gasteiger partial charge in [0, 0.05) is 38.4 Å². The van der Waals surface area contributed by atoms with E-state index in [1.807, 2.05) is 37.3 Å². The topological polar surface area (TPSA) is 63.6 Å². The van der Waals surface area contributed by atoms with Crippen LogP contribution in [0.4, 0.5) is 0 Å². The predicted octanol–water partition coefficient (Wildman–Crippen LogP) is 2.39. The van der Waals surface area contributed by atoms with E-state index in [4.69, 9.17) is 5.73 Å². The van der Waals surface area contributed by atoms with Crippen molar-refractivity contribution in [3.8, 4) is 0 Å². The first-order chi connectivity index (χ1) is 11.7. The molecule has 0 unspecified atom stereocenters. The Morgan fingerprint density at radius 3 is 2.60 bits per heavy atom. The Morgan fingerprint density at radius 1 is 1.12 bits per heavy atom. The monoisotopic (exact) mass is 358 g/mol. The van der Waals surface area contributed by atoms with E-state index in [0.717, 1.165) is 24.3 Å². The first-order valence-corrected chi connectivity index (χ1v) is 8.11. The fourth-order valence-corrected chi connectivity index (χ4v) is 2.86. The zero-order valence-corrected chi connectivity index (χ0v) is 15.1. The summed E-state index contributed by atoms with van der Waals surface area (Å²) in [6, 6.07) is 15.7. The molecule has 5 nitrogen and oxygen atoms in total. The Labute approximate surface area is 153 Å². The van der Waals surface area contributed by atoms with E-state index < -0.39 is 0 Å². The quantitative estimate of drug-likeness (QED) is 0.734. The lowest BCUT2D eigenvalue weighted by Crippen LogP contribution is -2.30. The highest BCUT2D eigenvalue weighted by atomic mass is 35.5. The predicted molar refractivity (Wildman–Crippen MR) is 103 cm³/mol. The Kier molecular flexibility index (Phi) is 6.70. The van der Waals surface area contributed by atoms with Crippen LogP contribution in [0.15, 0.2) is 59.5 Å². The van der Waals surface area contributed by atoms with Crippen molar-refractivity contribution in [3.63, 3.8) is 0 Å². The molecule has 0 atom stereocenters. The molecule has 0 radical (unpaired) electrons. The minimum atomic E-state index is -0.0499. The molecule has 6 heteroatoms. The van der Waals surface area contributed by atoms with E-state index in [9.17, 15) is 4.79 Å². The summed E-state index contributed by atoms with van der Waals surface area (Å²) in [5.41, 5.74) is 9.41. The van der Waals surface area contributed by atoms with Crippen molar-refractivity contribution >= 4 is 18.1 Å². The van der Waals surface area contributed by atoms with Gasteiger partial charge in [-0.05, 0) is 24.1 Å². The molecule has 2 N–H and O–H groups in total. The van der Waals surface area contributed by atoms with Gasteiger partial charge < -0.3 is 5.73 Å². The van der Waals surface area contributed by atoms with Gasteiger partial charge in [0.05, 0.1) is 5.69 Å². The van der Waals surface area contributed by atoms with Crippen LogP contribution in [0.25, 0.3) is 5.65 Å². The van der Waals surface area contributed by atoms with Crippen molar-refractivity contribution < 1.29 is 0 Å². The second-order valence-corrected chi connectivity index (χ2v) is 5.96. The maximum atomic E-state index is 12.3. The average Bonchev–Trinajstić information content (AvgIpc) is 2.57. The summed E-state index contributed by atoms with van der Waals surface area (Å²) in [7, 11) is 0. The zero-order valence-electron chi connectivity index (χ0n) is 14.3. The summed E-state index contributed by atoms with van der Waals surface area (Å²) in [4.78, 5) is 19.2. The normalized spacial score (nSPS) is 10.8. The minimum Gasteiger partial charge on any atom is -0.329 e. The van der Waals surface area contributed by atoms with Gasteiger partial charge in [0.2, 0.25) is 0 Å². The van der Waals surface area contributed by atoms with E-state index in [0.29, 0.717) is 18.7 Å². The van der Waals surface area contributed by atoms with Gasteiger partial charge in [-0.3, -0.25) is 14.1 Å². The number of aryl methyl sites for hydroxylation is 1. The number of hydrogen-bond donors (Lipinski definition) is 1. The molecule has 2 heterocycles. The lowest BCUT2D eigenvalue weighted by Gasteiger charge is -2.21. The number of nitrogens with zero attached hydrogens (tertiary/aromatic N) is 3. The fraction of sp³-hybridized carbons (Fsp3) is 0.263. The summed E-state index contributed by atoms with van der Waals surface area (Å²) in [5, 5.41) is 0.